The van der Waals surface area contributed by atoms with Gasteiger partial charge < -0.3 is 25.4 Å². The normalized spacial score (nSPS) is 11.5. The number of anilines is 2. The number of nitrogens with one attached hydrogen (secondary N) is 3. The predicted octanol–water partition coefficient (Wildman–Crippen LogP) is 4.44. The second kappa shape index (κ2) is 11.4. The van der Waals surface area contributed by atoms with Crippen LogP contribution in [0.25, 0.3) is 22.2 Å². The fourth-order valence-electron chi connectivity index (χ4n) is 3.48. The zero-order chi connectivity index (χ0) is 25.6. The summed E-state index contributed by atoms with van der Waals surface area (Å²) in [5.41, 5.74) is 3.30. The molecule has 0 bridgehead atoms. The Kier molecular flexibility index (Phi) is 8.52. The number of methoxy groups -OCH3 is 2. The standard InChI is InChI=1S/C25H33FN6O3/c1-15-11-20(26)21(31-24(33)28-8-7-25(3,4)35-6)13-18(15)19-12-17-14-29-23(27-9-10-34-5)32-22(17)30-16(19)2/h11-14H,7-10H2,1-6H3,(H2,28,31,33)(H,27,29,30,32). The monoisotopic (exact) mass is 484 g/mol. The highest BCUT2D eigenvalue weighted by atomic mass is 19.1. The first kappa shape index (κ1) is 26.2. The molecule has 3 N–H and O–H groups in total. The van der Waals surface area contributed by atoms with Gasteiger partial charge in [0.15, 0.2) is 5.65 Å². The number of benzene rings is 1. The lowest BCUT2D eigenvalue weighted by Crippen LogP contribution is -2.34. The highest BCUT2D eigenvalue weighted by Crippen LogP contribution is 2.32. The highest BCUT2D eigenvalue weighted by molar-refractivity contribution is 5.91. The Morgan fingerprint density at radius 2 is 1.86 bits per heavy atom. The summed E-state index contributed by atoms with van der Waals surface area (Å²) in [7, 11) is 3.25. The third kappa shape index (κ3) is 6.83. The maximum Gasteiger partial charge on any atom is 0.319 e. The maximum atomic E-state index is 14.7. The van der Waals surface area contributed by atoms with Crippen molar-refractivity contribution < 1.29 is 18.7 Å². The van der Waals surface area contributed by atoms with Crippen molar-refractivity contribution in [2.45, 2.75) is 39.7 Å². The first-order valence-electron chi connectivity index (χ1n) is 11.4. The second-order valence-electron chi connectivity index (χ2n) is 8.89. The summed E-state index contributed by atoms with van der Waals surface area (Å²) in [5.74, 6) is -0.0429. The van der Waals surface area contributed by atoms with Gasteiger partial charge in [-0.25, -0.2) is 19.2 Å². The third-order valence-electron chi connectivity index (χ3n) is 5.77. The molecule has 10 heteroatoms. The minimum absolute atomic E-state index is 0.0857. The fraction of sp³-hybridized carbons (Fsp3) is 0.440. The maximum absolute atomic E-state index is 14.7. The van der Waals surface area contributed by atoms with Crippen molar-refractivity contribution in [3.8, 4) is 11.1 Å². The molecule has 3 aromatic rings. The molecule has 35 heavy (non-hydrogen) atoms. The van der Waals surface area contributed by atoms with Crippen molar-refractivity contribution in [3.63, 3.8) is 0 Å². The van der Waals surface area contributed by atoms with Gasteiger partial charge in [0.2, 0.25) is 5.95 Å². The summed E-state index contributed by atoms with van der Waals surface area (Å²) < 4.78 is 25.1. The summed E-state index contributed by atoms with van der Waals surface area (Å²) >= 11 is 0. The zero-order valence-electron chi connectivity index (χ0n) is 21.1. The molecule has 0 unspecified atom stereocenters. The average Bonchev–Trinajstić information content (AvgIpc) is 2.80. The lowest BCUT2D eigenvalue weighted by molar-refractivity contribution is 0.0165. The number of carbonyl (C=O) groups excluding carboxylic acids is 1. The molecule has 2 aromatic heterocycles. The van der Waals surface area contributed by atoms with E-state index in [-0.39, 0.29) is 11.3 Å². The van der Waals surface area contributed by atoms with Gasteiger partial charge in [0.25, 0.3) is 0 Å². The molecule has 2 heterocycles. The van der Waals surface area contributed by atoms with E-state index in [4.69, 9.17) is 9.47 Å². The van der Waals surface area contributed by atoms with Crippen molar-refractivity contribution >= 4 is 28.7 Å². The topological polar surface area (TPSA) is 110 Å². The quantitative estimate of drug-likeness (QED) is 0.365. The molecule has 0 saturated carbocycles. The number of nitrogens with zero attached hydrogens (tertiary/aromatic N) is 3. The van der Waals surface area contributed by atoms with Gasteiger partial charge >= 0.3 is 6.03 Å². The number of ether oxygens (including phenoxy) is 2. The molecule has 1 aromatic carbocycles. The molecule has 0 spiro atoms. The molecule has 9 nitrogen and oxygen atoms in total. The number of rotatable bonds is 10. The fourth-order valence-corrected chi connectivity index (χ4v) is 3.48. The molecule has 188 valence electrons. The highest BCUT2D eigenvalue weighted by Gasteiger charge is 2.18. The Bertz CT molecular complexity index is 1200. The Hall–Kier alpha value is -3.37. The Balaban J connectivity index is 1.83. The summed E-state index contributed by atoms with van der Waals surface area (Å²) in [6.07, 6.45) is 2.31. The number of hydrogen-bond donors (Lipinski definition) is 3. The van der Waals surface area contributed by atoms with Gasteiger partial charge in [-0.3, -0.25) is 0 Å². The van der Waals surface area contributed by atoms with E-state index in [2.05, 4.69) is 30.9 Å². The second-order valence-corrected chi connectivity index (χ2v) is 8.89. The van der Waals surface area contributed by atoms with Crippen LogP contribution in [0, 0.1) is 19.7 Å². The number of fused-ring (bicyclic) bond motifs is 1. The number of halogens is 1. The number of amides is 2. The van der Waals surface area contributed by atoms with E-state index in [0.29, 0.717) is 37.7 Å². The van der Waals surface area contributed by atoms with E-state index in [9.17, 15) is 9.18 Å². The van der Waals surface area contributed by atoms with E-state index >= 15 is 0 Å². The van der Waals surface area contributed by atoms with Crippen molar-refractivity contribution in [2.24, 2.45) is 0 Å². The van der Waals surface area contributed by atoms with Crippen LogP contribution in [-0.4, -0.2) is 60.5 Å². The number of aromatic nitrogens is 3. The molecule has 0 aliphatic heterocycles. The van der Waals surface area contributed by atoms with Crippen molar-refractivity contribution in [2.75, 3.05) is 44.5 Å². The van der Waals surface area contributed by atoms with E-state index < -0.39 is 11.8 Å². The summed E-state index contributed by atoms with van der Waals surface area (Å²) in [6, 6.07) is 4.47. The molecule has 0 aliphatic carbocycles. The van der Waals surface area contributed by atoms with Crippen molar-refractivity contribution in [1.82, 2.24) is 20.3 Å². The van der Waals surface area contributed by atoms with Crippen LogP contribution in [0.4, 0.5) is 20.8 Å². The molecule has 0 atom stereocenters. The number of urea groups is 1. The minimum Gasteiger partial charge on any atom is -0.383 e. The lowest BCUT2D eigenvalue weighted by atomic mass is 9.97. The van der Waals surface area contributed by atoms with Crippen LogP contribution in [0.5, 0.6) is 0 Å². The molecular weight excluding hydrogens is 451 g/mol. The molecule has 3 rings (SSSR count). The number of aryl methyl sites for hydroxylation is 2. The summed E-state index contributed by atoms with van der Waals surface area (Å²) in [4.78, 5) is 25.8. The average molecular weight is 485 g/mol. The Morgan fingerprint density at radius 3 is 2.57 bits per heavy atom. The first-order chi connectivity index (χ1) is 16.6. The molecule has 2 amide bonds. The van der Waals surface area contributed by atoms with Crippen LogP contribution in [0.15, 0.2) is 24.4 Å². The number of hydrogen-bond acceptors (Lipinski definition) is 7. The van der Waals surface area contributed by atoms with Gasteiger partial charge in [0, 0.05) is 50.1 Å². The van der Waals surface area contributed by atoms with Crippen molar-refractivity contribution in [3.05, 3.63) is 41.5 Å². The van der Waals surface area contributed by atoms with E-state index in [1.165, 1.54) is 6.07 Å². The van der Waals surface area contributed by atoms with Gasteiger partial charge in [-0.15, -0.1) is 0 Å². The van der Waals surface area contributed by atoms with Gasteiger partial charge in [-0.1, -0.05) is 0 Å². The Morgan fingerprint density at radius 1 is 1.09 bits per heavy atom. The molecule has 0 radical (unpaired) electrons. The number of carbonyl (C=O) groups is 1. The van der Waals surface area contributed by atoms with Crippen LogP contribution in [0.3, 0.4) is 0 Å². The first-order valence-corrected chi connectivity index (χ1v) is 11.4. The van der Waals surface area contributed by atoms with Crippen LogP contribution < -0.4 is 16.0 Å². The zero-order valence-corrected chi connectivity index (χ0v) is 21.1. The van der Waals surface area contributed by atoms with Crippen LogP contribution in [0.2, 0.25) is 0 Å². The smallest absolute Gasteiger partial charge is 0.319 e. The molecule has 0 aliphatic rings. The number of pyridine rings is 1. The van der Waals surface area contributed by atoms with Crippen LogP contribution in [-0.2, 0) is 9.47 Å². The SMILES string of the molecule is COCCNc1ncc2cc(-c3cc(NC(=O)NCCC(C)(C)OC)c(F)cc3C)c(C)nc2n1. The summed E-state index contributed by atoms with van der Waals surface area (Å²) in [6.45, 7) is 9.07. The van der Waals surface area contributed by atoms with Crippen LogP contribution in [0.1, 0.15) is 31.5 Å². The predicted molar refractivity (Wildman–Crippen MR) is 135 cm³/mol. The molecule has 0 fully saturated rings. The Labute approximate surface area is 204 Å². The van der Waals surface area contributed by atoms with E-state index in [0.717, 1.165) is 27.8 Å². The summed E-state index contributed by atoms with van der Waals surface area (Å²) in [5, 5.41) is 9.19. The largest absolute Gasteiger partial charge is 0.383 e. The lowest BCUT2D eigenvalue weighted by Gasteiger charge is -2.22. The van der Waals surface area contributed by atoms with Crippen molar-refractivity contribution in [1.29, 1.82) is 0 Å². The van der Waals surface area contributed by atoms with E-state index in [1.807, 2.05) is 33.8 Å². The van der Waals surface area contributed by atoms with Crippen LogP contribution >= 0.6 is 0 Å². The van der Waals surface area contributed by atoms with Gasteiger partial charge in [0.05, 0.1) is 17.9 Å². The van der Waals surface area contributed by atoms with Gasteiger partial charge in [-0.2, -0.15) is 4.98 Å². The molecule has 0 saturated heterocycles. The third-order valence-corrected chi connectivity index (χ3v) is 5.77. The van der Waals surface area contributed by atoms with Gasteiger partial charge in [0.1, 0.15) is 5.82 Å². The molecular formula is C25H33FN6O3. The minimum atomic E-state index is -0.514. The van der Waals surface area contributed by atoms with Gasteiger partial charge in [-0.05, 0) is 63.4 Å². The van der Waals surface area contributed by atoms with E-state index in [1.54, 1.807) is 26.5 Å².